The van der Waals surface area contributed by atoms with E-state index in [4.69, 9.17) is 16.3 Å². The lowest BCUT2D eigenvalue weighted by molar-refractivity contribution is 0.0615. The summed E-state index contributed by atoms with van der Waals surface area (Å²) in [6.45, 7) is 2.87. The van der Waals surface area contributed by atoms with Gasteiger partial charge < -0.3 is 15.2 Å². The number of halogens is 1. The molecule has 0 bridgehead atoms. The number of nitrogens with zero attached hydrogens (tertiary/aromatic N) is 2. The Kier molecular flexibility index (Phi) is 4.96. The molecular weight excluding hydrogens is 266 g/mol. The fourth-order valence-corrected chi connectivity index (χ4v) is 2.01. The van der Waals surface area contributed by atoms with Gasteiger partial charge in [0.05, 0.1) is 12.7 Å². The second-order valence-corrected chi connectivity index (χ2v) is 5.30. The summed E-state index contributed by atoms with van der Waals surface area (Å²) in [5.74, 6) is 2.07. The zero-order valence-corrected chi connectivity index (χ0v) is 12.1. The smallest absolute Gasteiger partial charge is 0.137 e. The normalized spacial score (nSPS) is 16.4. The van der Waals surface area contributed by atoms with E-state index in [2.05, 4.69) is 15.3 Å². The second kappa shape index (κ2) is 6.50. The number of methoxy groups -OCH3 is 1. The molecule has 2 N–H and O–H groups in total. The maximum atomic E-state index is 9.58. The van der Waals surface area contributed by atoms with Crippen LogP contribution in [0.2, 0.25) is 5.15 Å². The zero-order valence-electron chi connectivity index (χ0n) is 11.3. The fourth-order valence-electron chi connectivity index (χ4n) is 1.83. The molecule has 1 heterocycles. The van der Waals surface area contributed by atoms with Gasteiger partial charge in [-0.3, -0.25) is 0 Å². The van der Waals surface area contributed by atoms with Crippen molar-refractivity contribution < 1.29 is 9.84 Å². The molecule has 0 aliphatic heterocycles. The van der Waals surface area contributed by atoms with E-state index < -0.39 is 6.10 Å². The van der Waals surface area contributed by atoms with Crippen LogP contribution in [0, 0.1) is 6.92 Å². The van der Waals surface area contributed by atoms with Crippen molar-refractivity contribution in [2.45, 2.75) is 38.2 Å². The van der Waals surface area contributed by atoms with Crippen LogP contribution in [0.3, 0.4) is 0 Å². The molecule has 1 fully saturated rings. The van der Waals surface area contributed by atoms with Gasteiger partial charge in [0.1, 0.15) is 16.8 Å². The minimum Gasteiger partial charge on any atom is -0.391 e. The first kappa shape index (κ1) is 14.5. The van der Waals surface area contributed by atoms with E-state index in [1.54, 1.807) is 7.11 Å². The Morgan fingerprint density at radius 3 is 2.84 bits per heavy atom. The number of ether oxygens (including phenoxy) is 1. The molecule has 1 aromatic heterocycles. The van der Waals surface area contributed by atoms with E-state index in [1.165, 1.54) is 0 Å². The van der Waals surface area contributed by atoms with Crippen molar-refractivity contribution in [1.29, 1.82) is 0 Å². The predicted molar refractivity (Wildman–Crippen MR) is 74.7 cm³/mol. The Balaban J connectivity index is 1.95. The number of hydrogen-bond donors (Lipinski definition) is 2. The third-order valence-corrected chi connectivity index (χ3v) is 3.54. The molecular formula is C13H20ClN3O2. The van der Waals surface area contributed by atoms with Crippen LogP contribution >= 0.6 is 11.6 Å². The van der Waals surface area contributed by atoms with Gasteiger partial charge in [0, 0.05) is 25.1 Å². The molecule has 1 aliphatic carbocycles. The Labute approximate surface area is 118 Å². The molecule has 5 nitrogen and oxygen atoms in total. The average Bonchev–Trinajstić information content (AvgIpc) is 3.18. The minimum atomic E-state index is -0.460. The Morgan fingerprint density at radius 1 is 1.47 bits per heavy atom. The first-order chi connectivity index (χ1) is 9.11. The van der Waals surface area contributed by atoms with Gasteiger partial charge in [0.2, 0.25) is 0 Å². The monoisotopic (exact) mass is 285 g/mol. The van der Waals surface area contributed by atoms with Crippen LogP contribution in [0.5, 0.6) is 0 Å². The molecule has 1 atom stereocenters. The van der Waals surface area contributed by atoms with E-state index in [9.17, 15) is 5.11 Å². The molecule has 0 aromatic carbocycles. The second-order valence-electron chi connectivity index (χ2n) is 4.95. The van der Waals surface area contributed by atoms with E-state index in [-0.39, 0.29) is 0 Å². The van der Waals surface area contributed by atoms with Crippen LogP contribution < -0.4 is 5.32 Å². The molecule has 1 saturated carbocycles. The van der Waals surface area contributed by atoms with Crippen molar-refractivity contribution in [2.24, 2.45) is 0 Å². The standard InChI is InChI=1S/C13H20ClN3O2/c1-8-11(14)16-13(9-3-4-9)17-12(8)15-6-5-10(18)7-19-2/h9-10,18H,3-7H2,1-2H3,(H,15,16,17). The van der Waals surface area contributed by atoms with Gasteiger partial charge in [-0.15, -0.1) is 0 Å². The van der Waals surface area contributed by atoms with Crippen molar-refractivity contribution in [3.05, 3.63) is 16.5 Å². The average molecular weight is 286 g/mol. The van der Waals surface area contributed by atoms with Crippen LogP contribution in [0.1, 0.15) is 36.6 Å². The van der Waals surface area contributed by atoms with Gasteiger partial charge in [0.25, 0.3) is 0 Å². The summed E-state index contributed by atoms with van der Waals surface area (Å²) in [5.41, 5.74) is 0.854. The SMILES string of the molecule is COCC(O)CCNc1nc(C2CC2)nc(Cl)c1C. The van der Waals surface area contributed by atoms with Crippen LogP contribution in [0.4, 0.5) is 5.82 Å². The van der Waals surface area contributed by atoms with E-state index >= 15 is 0 Å². The quantitative estimate of drug-likeness (QED) is 0.751. The number of aliphatic hydroxyl groups is 1. The molecule has 19 heavy (non-hydrogen) atoms. The predicted octanol–water partition coefficient (Wildman–Crippen LogP) is 2.13. The summed E-state index contributed by atoms with van der Waals surface area (Å²) < 4.78 is 4.88. The molecule has 0 saturated heterocycles. The van der Waals surface area contributed by atoms with E-state index in [0.717, 1.165) is 30.0 Å². The lowest BCUT2D eigenvalue weighted by atomic mass is 10.2. The number of hydrogen-bond acceptors (Lipinski definition) is 5. The molecule has 1 unspecified atom stereocenters. The third kappa shape index (κ3) is 4.03. The largest absolute Gasteiger partial charge is 0.391 e. The van der Waals surface area contributed by atoms with Gasteiger partial charge in [-0.1, -0.05) is 11.6 Å². The number of rotatable bonds is 7. The Morgan fingerprint density at radius 2 is 2.21 bits per heavy atom. The van der Waals surface area contributed by atoms with Gasteiger partial charge in [-0.25, -0.2) is 9.97 Å². The summed E-state index contributed by atoms with van der Waals surface area (Å²) in [6.07, 6.45) is 2.43. The number of aliphatic hydroxyl groups excluding tert-OH is 1. The van der Waals surface area contributed by atoms with Gasteiger partial charge in [-0.05, 0) is 26.2 Å². The highest BCUT2D eigenvalue weighted by molar-refractivity contribution is 6.30. The summed E-state index contributed by atoms with van der Waals surface area (Å²) in [6, 6.07) is 0. The lowest BCUT2D eigenvalue weighted by Crippen LogP contribution is -2.19. The van der Waals surface area contributed by atoms with Crippen LogP contribution in [-0.2, 0) is 4.74 Å². The van der Waals surface area contributed by atoms with Crippen LogP contribution in [-0.4, -0.2) is 41.4 Å². The van der Waals surface area contributed by atoms with Crippen molar-refractivity contribution in [3.8, 4) is 0 Å². The highest BCUT2D eigenvalue weighted by Crippen LogP contribution is 2.39. The van der Waals surface area contributed by atoms with Crippen LogP contribution in [0.25, 0.3) is 0 Å². The number of anilines is 1. The van der Waals surface area contributed by atoms with Gasteiger partial charge in [-0.2, -0.15) is 0 Å². The molecule has 1 aliphatic rings. The molecule has 2 rings (SSSR count). The summed E-state index contributed by atoms with van der Waals surface area (Å²) >= 11 is 6.12. The molecule has 106 valence electrons. The van der Waals surface area contributed by atoms with Gasteiger partial charge in [0.15, 0.2) is 0 Å². The van der Waals surface area contributed by atoms with Crippen molar-refractivity contribution in [3.63, 3.8) is 0 Å². The van der Waals surface area contributed by atoms with E-state index in [0.29, 0.717) is 30.6 Å². The topological polar surface area (TPSA) is 67.3 Å². The van der Waals surface area contributed by atoms with Gasteiger partial charge >= 0.3 is 0 Å². The van der Waals surface area contributed by atoms with Crippen molar-refractivity contribution in [1.82, 2.24) is 9.97 Å². The first-order valence-electron chi connectivity index (χ1n) is 6.56. The minimum absolute atomic E-state index is 0.346. The number of aromatic nitrogens is 2. The fraction of sp³-hybridized carbons (Fsp3) is 0.692. The zero-order chi connectivity index (χ0) is 13.8. The highest BCUT2D eigenvalue weighted by Gasteiger charge is 2.27. The summed E-state index contributed by atoms with van der Waals surface area (Å²) in [5, 5.41) is 13.3. The van der Waals surface area contributed by atoms with Crippen molar-refractivity contribution in [2.75, 3.05) is 25.6 Å². The summed E-state index contributed by atoms with van der Waals surface area (Å²) in [4.78, 5) is 8.83. The Bertz CT molecular complexity index is 438. The molecule has 0 radical (unpaired) electrons. The maximum Gasteiger partial charge on any atom is 0.137 e. The van der Waals surface area contributed by atoms with E-state index in [1.807, 2.05) is 6.92 Å². The Hall–Kier alpha value is -0.910. The number of nitrogens with one attached hydrogen (secondary N) is 1. The molecule has 0 amide bonds. The molecule has 1 aromatic rings. The summed E-state index contributed by atoms with van der Waals surface area (Å²) in [7, 11) is 1.58. The van der Waals surface area contributed by atoms with Crippen molar-refractivity contribution >= 4 is 17.4 Å². The molecule has 0 spiro atoms. The lowest BCUT2D eigenvalue weighted by Gasteiger charge is -2.13. The third-order valence-electron chi connectivity index (χ3n) is 3.18. The first-order valence-corrected chi connectivity index (χ1v) is 6.94. The molecule has 6 heteroatoms. The van der Waals surface area contributed by atoms with Crippen LogP contribution in [0.15, 0.2) is 0 Å². The maximum absolute atomic E-state index is 9.58. The highest BCUT2D eigenvalue weighted by atomic mass is 35.5.